The van der Waals surface area contributed by atoms with Gasteiger partial charge in [0.15, 0.2) is 11.9 Å². The average molecular weight is 529 g/mol. The number of aryl methyl sites for hydroxylation is 1. The summed E-state index contributed by atoms with van der Waals surface area (Å²) >= 11 is 0. The van der Waals surface area contributed by atoms with Crippen molar-refractivity contribution in [2.24, 2.45) is 0 Å². The molecular weight excluding hydrogens is 506 g/mol. The first-order valence-electron chi connectivity index (χ1n) is 10.1. The molecule has 4 rings (SSSR count). The summed E-state index contributed by atoms with van der Waals surface area (Å²) in [6, 6.07) is 0.756. The summed E-state index contributed by atoms with van der Waals surface area (Å²) in [5, 5.41) is 0. The zero-order valence-electron chi connectivity index (χ0n) is 18.0. The maximum atomic E-state index is 14.3. The van der Waals surface area contributed by atoms with Crippen LogP contribution in [0.3, 0.4) is 0 Å². The van der Waals surface area contributed by atoms with Crippen LogP contribution < -0.4 is 9.80 Å². The predicted octanol–water partition coefficient (Wildman–Crippen LogP) is 3.91. The van der Waals surface area contributed by atoms with E-state index < -0.39 is 30.1 Å². The van der Waals surface area contributed by atoms with Gasteiger partial charge < -0.3 is 14.7 Å². The first-order chi connectivity index (χ1) is 15.1. The molecule has 1 amide bonds. The van der Waals surface area contributed by atoms with Crippen LogP contribution in [0.25, 0.3) is 0 Å². The summed E-state index contributed by atoms with van der Waals surface area (Å²) in [4.78, 5) is 27.9. The first kappa shape index (κ1) is 27.8. The smallest absolute Gasteiger partial charge is 0.365 e. The number of piperazine rings is 1. The number of anilines is 2. The van der Waals surface area contributed by atoms with Gasteiger partial charge in [-0.3, -0.25) is 4.79 Å². The maximum Gasteiger partial charge on any atom is 0.419 e. The van der Waals surface area contributed by atoms with E-state index in [0.717, 1.165) is 11.0 Å². The summed E-state index contributed by atoms with van der Waals surface area (Å²) in [6.45, 7) is 2.95. The van der Waals surface area contributed by atoms with Gasteiger partial charge >= 0.3 is 6.18 Å². The Morgan fingerprint density at radius 3 is 2.29 bits per heavy atom. The lowest BCUT2D eigenvalue weighted by molar-refractivity contribution is -0.137. The number of nitrogens with zero attached hydrogens (tertiary/aromatic N) is 6. The molecule has 0 spiro atoms. The Morgan fingerprint density at radius 2 is 1.71 bits per heavy atom. The summed E-state index contributed by atoms with van der Waals surface area (Å²) in [5.41, 5.74) is 0.296. The zero-order chi connectivity index (χ0) is 23.1. The fourth-order valence-electron chi connectivity index (χ4n) is 4.19. The van der Waals surface area contributed by atoms with Crippen molar-refractivity contribution in [3.05, 3.63) is 41.6 Å². The molecule has 34 heavy (non-hydrogen) atoms. The highest BCUT2D eigenvalue weighted by Crippen LogP contribution is 2.43. The van der Waals surface area contributed by atoms with Crippen LogP contribution in [-0.2, 0) is 11.0 Å². The topological polar surface area (TPSA) is 65.5 Å². The highest BCUT2D eigenvalue weighted by atomic mass is 35.5. The number of halogens is 7. The van der Waals surface area contributed by atoms with E-state index >= 15 is 0 Å². The van der Waals surface area contributed by atoms with Gasteiger partial charge in [-0.05, 0) is 19.1 Å². The largest absolute Gasteiger partial charge is 0.419 e. The molecule has 0 saturated carbocycles. The minimum Gasteiger partial charge on any atom is -0.365 e. The molecule has 0 N–H and O–H groups in total. The number of aromatic nitrogens is 3. The number of carbonyl (C=O) groups is 1. The van der Waals surface area contributed by atoms with Crippen LogP contribution in [-0.4, -0.2) is 64.9 Å². The Bertz CT molecular complexity index is 1000. The molecule has 2 aromatic heterocycles. The van der Waals surface area contributed by atoms with Crippen LogP contribution in [0.1, 0.15) is 29.5 Å². The number of alkyl halides is 5. The van der Waals surface area contributed by atoms with Crippen molar-refractivity contribution in [1.82, 2.24) is 19.9 Å². The number of amides is 1. The summed E-state index contributed by atoms with van der Waals surface area (Å²) in [7, 11) is 0. The highest BCUT2D eigenvalue weighted by Gasteiger charge is 2.51. The standard InChI is InChI=1S/C20H21F5N6O.2ClH/c1-13-15(11-27-17(28-13)16-19(21,22)4-6-31(16)12-32)29-7-9-30(10-8-29)18-14(20(23,24)25)3-2-5-26-18;;/h2-3,5,11-12,16H,4,6-10H2,1H3;2*1H. The minimum atomic E-state index is -4.50. The van der Waals surface area contributed by atoms with E-state index in [1.54, 1.807) is 11.8 Å². The molecule has 4 heterocycles. The lowest BCUT2D eigenvalue weighted by Gasteiger charge is -2.37. The lowest BCUT2D eigenvalue weighted by atomic mass is 10.1. The summed E-state index contributed by atoms with van der Waals surface area (Å²) < 4.78 is 68.4. The first-order valence-corrected chi connectivity index (χ1v) is 10.1. The van der Waals surface area contributed by atoms with Gasteiger partial charge in [0.1, 0.15) is 5.82 Å². The third kappa shape index (κ3) is 5.27. The molecule has 0 aliphatic carbocycles. The molecule has 2 aromatic rings. The maximum absolute atomic E-state index is 14.3. The number of rotatable bonds is 4. The highest BCUT2D eigenvalue weighted by molar-refractivity contribution is 5.85. The molecule has 0 radical (unpaired) electrons. The normalized spacial score (nSPS) is 19.9. The predicted molar refractivity (Wildman–Crippen MR) is 120 cm³/mol. The number of hydrogen-bond acceptors (Lipinski definition) is 6. The molecule has 7 nitrogen and oxygen atoms in total. The van der Waals surface area contributed by atoms with Gasteiger partial charge in [0.2, 0.25) is 6.41 Å². The summed E-state index contributed by atoms with van der Waals surface area (Å²) in [6.07, 6.45) is -1.80. The van der Waals surface area contributed by atoms with Gasteiger partial charge in [-0.15, -0.1) is 24.8 Å². The van der Waals surface area contributed by atoms with Crippen molar-refractivity contribution in [3.8, 4) is 0 Å². The van der Waals surface area contributed by atoms with Gasteiger partial charge in [0.25, 0.3) is 5.92 Å². The fourth-order valence-corrected chi connectivity index (χ4v) is 4.19. The molecule has 188 valence electrons. The number of likely N-dealkylation sites (tertiary alicyclic amines) is 1. The van der Waals surface area contributed by atoms with Crippen LogP contribution in [0.4, 0.5) is 33.5 Å². The van der Waals surface area contributed by atoms with E-state index in [4.69, 9.17) is 0 Å². The monoisotopic (exact) mass is 528 g/mol. The van der Waals surface area contributed by atoms with Gasteiger partial charge in [-0.1, -0.05) is 0 Å². The lowest BCUT2D eigenvalue weighted by Crippen LogP contribution is -2.47. The van der Waals surface area contributed by atoms with Crippen LogP contribution in [0.5, 0.6) is 0 Å². The quantitative estimate of drug-likeness (QED) is 0.442. The van der Waals surface area contributed by atoms with Crippen LogP contribution in [0, 0.1) is 6.92 Å². The SMILES string of the molecule is Cc1nc(C2N(C=O)CCC2(F)F)ncc1N1CCN(c2ncccc2C(F)(F)F)CC1.Cl.Cl. The van der Waals surface area contributed by atoms with E-state index in [0.29, 0.717) is 44.0 Å². The Hall–Kier alpha value is -2.47. The number of carbonyl (C=O) groups excluding carboxylic acids is 1. The molecule has 2 aliphatic heterocycles. The van der Waals surface area contributed by atoms with Crippen molar-refractivity contribution in [3.63, 3.8) is 0 Å². The van der Waals surface area contributed by atoms with Crippen molar-refractivity contribution >= 4 is 42.7 Å². The Morgan fingerprint density at radius 1 is 1.06 bits per heavy atom. The van der Waals surface area contributed by atoms with Crippen LogP contribution in [0.2, 0.25) is 0 Å². The molecule has 0 bridgehead atoms. The van der Waals surface area contributed by atoms with Crippen molar-refractivity contribution in [2.45, 2.75) is 31.5 Å². The van der Waals surface area contributed by atoms with Gasteiger partial charge in [0, 0.05) is 45.3 Å². The van der Waals surface area contributed by atoms with Crippen molar-refractivity contribution < 1.29 is 26.7 Å². The molecule has 0 aromatic carbocycles. The average Bonchev–Trinajstić information content (AvgIpc) is 3.07. The van der Waals surface area contributed by atoms with E-state index in [1.165, 1.54) is 18.5 Å². The van der Waals surface area contributed by atoms with Crippen LogP contribution >= 0.6 is 24.8 Å². The second-order valence-corrected chi connectivity index (χ2v) is 7.80. The van der Waals surface area contributed by atoms with Crippen molar-refractivity contribution in [1.29, 1.82) is 0 Å². The fraction of sp³-hybridized carbons (Fsp3) is 0.500. The molecule has 14 heteroatoms. The summed E-state index contributed by atoms with van der Waals surface area (Å²) in [5.74, 6) is -3.34. The second-order valence-electron chi connectivity index (χ2n) is 7.80. The molecular formula is C20H23Cl2F5N6O. The molecule has 1 atom stereocenters. The Balaban J connectivity index is 0.00000204. The third-order valence-electron chi connectivity index (χ3n) is 5.80. The minimum absolute atomic E-state index is 0. The zero-order valence-corrected chi connectivity index (χ0v) is 19.6. The Labute approximate surface area is 205 Å². The van der Waals surface area contributed by atoms with E-state index in [1.807, 2.05) is 4.90 Å². The third-order valence-corrected chi connectivity index (χ3v) is 5.80. The molecule has 2 saturated heterocycles. The van der Waals surface area contributed by atoms with Gasteiger partial charge in [0.05, 0.1) is 23.1 Å². The second kappa shape index (κ2) is 10.4. The molecule has 2 fully saturated rings. The van der Waals surface area contributed by atoms with Crippen LogP contribution in [0.15, 0.2) is 24.5 Å². The molecule has 2 aliphatic rings. The van der Waals surface area contributed by atoms with E-state index in [9.17, 15) is 26.7 Å². The molecule has 1 unspecified atom stereocenters. The van der Waals surface area contributed by atoms with E-state index in [-0.39, 0.29) is 43.0 Å². The number of hydrogen-bond donors (Lipinski definition) is 0. The Kier molecular flexibility index (Phi) is 8.52. The van der Waals surface area contributed by atoms with Crippen molar-refractivity contribution in [2.75, 3.05) is 42.5 Å². The van der Waals surface area contributed by atoms with Gasteiger partial charge in [-0.2, -0.15) is 13.2 Å². The number of pyridine rings is 1. The van der Waals surface area contributed by atoms with Gasteiger partial charge in [-0.25, -0.2) is 23.7 Å². The van der Waals surface area contributed by atoms with E-state index in [2.05, 4.69) is 15.0 Å².